The fourth-order valence-corrected chi connectivity index (χ4v) is 3.91. The molecule has 0 aliphatic heterocycles. The Bertz CT molecular complexity index is 923. The molecule has 0 fully saturated rings. The molecule has 4 heterocycles. The van der Waals surface area contributed by atoms with Gasteiger partial charge in [0.2, 0.25) is 0 Å². The van der Waals surface area contributed by atoms with E-state index >= 15 is 0 Å². The Morgan fingerprint density at radius 3 is 1.03 bits per heavy atom. The Morgan fingerprint density at radius 1 is 0.541 bits per heavy atom. The van der Waals surface area contributed by atoms with Gasteiger partial charge in [-0.05, 0) is 48.5 Å². The predicted octanol–water partition coefficient (Wildman–Crippen LogP) is 3.78. The maximum atomic E-state index is 11.1. The summed E-state index contributed by atoms with van der Waals surface area (Å²) in [5.41, 5.74) is 3.85. The Kier molecular flexibility index (Phi) is 16.0. The van der Waals surface area contributed by atoms with Crippen LogP contribution in [0, 0.1) is 7.43 Å². The van der Waals surface area contributed by atoms with Gasteiger partial charge in [0.15, 0.2) is 0 Å². The van der Waals surface area contributed by atoms with E-state index in [-0.39, 0.29) is 46.4 Å². The monoisotopic (exact) mass is 597 g/mol. The molecule has 0 saturated carbocycles. The number of aromatic nitrogens is 4. The Morgan fingerprint density at radius 2 is 0.811 bits per heavy atom. The van der Waals surface area contributed by atoms with Crippen LogP contribution in [0.15, 0.2) is 97.6 Å². The molecule has 0 radical (unpaired) electrons. The Balaban J connectivity index is 0.00000228. The smallest absolute Gasteiger partial charge is 0.390 e. The van der Waals surface area contributed by atoms with Gasteiger partial charge in [-0.1, -0.05) is 24.3 Å². The summed E-state index contributed by atoms with van der Waals surface area (Å²) in [6.45, 7) is 3.52. The SMILES string of the molecule is OC(CN(Cc1ccccn1)Cc1ccccn1)CN(Cc1ccccn1)Cc1ccccn1.[CH3-].[Zn+2].[Zn]. The topological polar surface area (TPSA) is 78.3 Å². The van der Waals surface area contributed by atoms with Crippen LogP contribution < -0.4 is 0 Å². The number of hydrogen-bond acceptors (Lipinski definition) is 7. The van der Waals surface area contributed by atoms with Crippen molar-refractivity contribution in [2.75, 3.05) is 13.1 Å². The van der Waals surface area contributed by atoms with E-state index in [2.05, 4.69) is 29.7 Å². The summed E-state index contributed by atoms with van der Waals surface area (Å²) >= 11 is 0. The maximum absolute atomic E-state index is 11.1. The van der Waals surface area contributed by atoms with E-state index in [4.69, 9.17) is 0 Å². The van der Waals surface area contributed by atoms with Crippen molar-refractivity contribution in [3.05, 3.63) is 128 Å². The minimum Gasteiger partial charge on any atom is -0.390 e. The molecule has 4 rings (SSSR count). The van der Waals surface area contributed by atoms with Crippen LogP contribution in [0.3, 0.4) is 0 Å². The fourth-order valence-electron chi connectivity index (χ4n) is 3.91. The molecule has 0 bridgehead atoms. The van der Waals surface area contributed by atoms with Gasteiger partial charge in [0.1, 0.15) is 0 Å². The van der Waals surface area contributed by atoms with E-state index in [9.17, 15) is 5.11 Å². The van der Waals surface area contributed by atoms with E-state index in [1.807, 2.05) is 72.8 Å². The standard InChI is InChI=1S/C27H30N6O.CH3.2Zn/c34-27(21-32(17-23-9-1-5-13-28-23)18-24-10-2-6-14-29-24)22-33(19-25-11-3-7-15-30-25)20-26-12-4-8-16-31-26;;;/h1-16,27,34H,17-22H2;1H3;;/q;-1;;+2. The van der Waals surface area contributed by atoms with Gasteiger partial charge in [-0.25, -0.2) is 0 Å². The van der Waals surface area contributed by atoms with E-state index in [1.165, 1.54) is 0 Å². The number of rotatable bonds is 12. The molecule has 4 aromatic heterocycles. The molecule has 0 aliphatic rings. The summed E-state index contributed by atoms with van der Waals surface area (Å²) in [5, 5.41) is 11.1. The second kappa shape index (κ2) is 18.1. The van der Waals surface area contributed by atoms with Gasteiger partial charge >= 0.3 is 19.5 Å². The largest absolute Gasteiger partial charge is 2.00 e. The molecule has 0 atom stereocenters. The van der Waals surface area contributed by atoms with Crippen LogP contribution in [-0.4, -0.2) is 54.0 Å². The van der Waals surface area contributed by atoms with Crippen LogP contribution in [0.1, 0.15) is 22.8 Å². The van der Waals surface area contributed by atoms with Crippen molar-refractivity contribution in [3.63, 3.8) is 0 Å². The number of nitrogens with zero attached hydrogens (tertiary/aromatic N) is 6. The van der Waals surface area contributed by atoms with Crippen molar-refractivity contribution in [3.8, 4) is 0 Å². The maximum Gasteiger partial charge on any atom is 2.00 e. The Labute approximate surface area is 245 Å². The fraction of sp³-hybridized carbons (Fsp3) is 0.250. The molecule has 9 heteroatoms. The van der Waals surface area contributed by atoms with Crippen molar-refractivity contribution in [1.29, 1.82) is 0 Å². The van der Waals surface area contributed by atoms with E-state index in [1.54, 1.807) is 24.8 Å². The molecule has 0 spiro atoms. The molecule has 37 heavy (non-hydrogen) atoms. The first-order valence-electron chi connectivity index (χ1n) is 11.5. The van der Waals surface area contributed by atoms with Crippen LogP contribution >= 0.6 is 0 Å². The quantitative estimate of drug-likeness (QED) is 0.196. The molecule has 7 nitrogen and oxygen atoms in total. The van der Waals surface area contributed by atoms with E-state index in [0.717, 1.165) is 22.8 Å². The normalized spacial score (nSPS) is 10.5. The van der Waals surface area contributed by atoms with Crippen LogP contribution in [0.4, 0.5) is 0 Å². The van der Waals surface area contributed by atoms with Gasteiger partial charge in [0.05, 0.1) is 28.9 Å². The van der Waals surface area contributed by atoms with Crippen LogP contribution in [0.5, 0.6) is 0 Å². The van der Waals surface area contributed by atoms with Gasteiger partial charge < -0.3 is 12.5 Å². The summed E-state index contributed by atoms with van der Waals surface area (Å²) in [4.78, 5) is 22.3. The molecule has 0 unspecified atom stereocenters. The zero-order chi connectivity index (χ0) is 23.4. The molecular formula is C28H33N6OZn2+. The van der Waals surface area contributed by atoms with Crippen molar-refractivity contribution in [2.24, 2.45) is 0 Å². The van der Waals surface area contributed by atoms with Gasteiger partial charge in [-0.3, -0.25) is 29.7 Å². The number of aliphatic hydroxyl groups excluding tert-OH is 1. The zero-order valence-electron chi connectivity index (χ0n) is 21.6. The second-order valence-electron chi connectivity index (χ2n) is 8.28. The zero-order valence-corrected chi connectivity index (χ0v) is 27.5. The Hall–Kier alpha value is -2.27. The molecule has 0 aliphatic carbocycles. The summed E-state index contributed by atoms with van der Waals surface area (Å²) in [6, 6.07) is 23.6. The van der Waals surface area contributed by atoms with Crippen molar-refractivity contribution >= 4 is 0 Å². The second-order valence-corrected chi connectivity index (χ2v) is 8.28. The molecule has 0 amide bonds. The molecule has 1 N–H and O–H groups in total. The van der Waals surface area contributed by atoms with Crippen molar-refractivity contribution in [2.45, 2.75) is 32.3 Å². The minimum atomic E-state index is -0.570. The first-order chi connectivity index (χ1) is 16.7. The van der Waals surface area contributed by atoms with E-state index < -0.39 is 6.10 Å². The third-order valence-electron chi connectivity index (χ3n) is 5.38. The van der Waals surface area contributed by atoms with Gasteiger partial charge in [0, 0.05) is 83.5 Å². The van der Waals surface area contributed by atoms with Gasteiger partial charge in [-0.2, -0.15) is 0 Å². The van der Waals surface area contributed by atoms with E-state index in [0.29, 0.717) is 39.3 Å². The number of aliphatic hydroxyl groups is 1. The van der Waals surface area contributed by atoms with Crippen molar-refractivity contribution < 1.29 is 44.1 Å². The van der Waals surface area contributed by atoms with Crippen molar-refractivity contribution in [1.82, 2.24) is 29.7 Å². The van der Waals surface area contributed by atoms with Gasteiger partial charge in [-0.15, -0.1) is 0 Å². The summed E-state index contributed by atoms with van der Waals surface area (Å²) in [7, 11) is 0. The number of pyridine rings is 4. The van der Waals surface area contributed by atoms with Crippen LogP contribution in [0.25, 0.3) is 0 Å². The third-order valence-corrected chi connectivity index (χ3v) is 5.38. The number of hydrogen-bond donors (Lipinski definition) is 1. The predicted molar refractivity (Wildman–Crippen MR) is 138 cm³/mol. The summed E-state index contributed by atoms with van der Waals surface area (Å²) in [5.74, 6) is 0. The van der Waals surface area contributed by atoms with Crippen LogP contribution in [-0.2, 0) is 65.1 Å². The average Bonchev–Trinajstić information content (AvgIpc) is 2.86. The molecule has 184 valence electrons. The first kappa shape index (κ1) is 32.8. The molecule has 0 aromatic carbocycles. The third kappa shape index (κ3) is 11.8. The minimum absolute atomic E-state index is 0. The first-order valence-corrected chi connectivity index (χ1v) is 11.5. The van der Waals surface area contributed by atoms with Gasteiger partial charge in [0.25, 0.3) is 0 Å². The average molecular weight is 600 g/mol. The summed E-state index contributed by atoms with van der Waals surface area (Å²) in [6.07, 6.45) is 6.62. The molecular weight excluding hydrogens is 567 g/mol. The summed E-state index contributed by atoms with van der Waals surface area (Å²) < 4.78 is 0. The molecule has 0 saturated heterocycles. The van der Waals surface area contributed by atoms with Crippen LogP contribution in [0.2, 0.25) is 0 Å². The molecule has 4 aromatic rings.